The van der Waals surface area contributed by atoms with Crippen LogP contribution in [0.1, 0.15) is 0 Å². The first-order valence-corrected chi connectivity index (χ1v) is 8.87. The van der Waals surface area contributed by atoms with Crippen LogP contribution in [0.15, 0.2) is 46.2 Å². The lowest BCUT2D eigenvalue weighted by atomic mass is 10.2. The second-order valence-electron chi connectivity index (χ2n) is 4.58. The molecule has 2 rings (SSSR count). The molecule has 0 aliphatic heterocycles. The normalized spacial score (nSPS) is 12.1. The molecule has 0 radical (unpaired) electrons. The van der Waals surface area contributed by atoms with E-state index in [0.717, 1.165) is 12.1 Å². The van der Waals surface area contributed by atoms with Crippen LogP contribution in [-0.4, -0.2) is 25.9 Å². The van der Waals surface area contributed by atoms with E-state index in [2.05, 4.69) is 5.32 Å². The smallest absolute Gasteiger partial charge is 0.296 e. The lowest BCUT2D eigenvalue weighted by Crippen LogP contribution is -2.05. The summed E-state index contributed by atoms with van der Waals surface area (Å²) in [6.07, 6.45) is 0. The van der Waals surface area contributed by atoms with E-state index in [1.54, 1.807) is 0 Å². The van der Waals surface area contributed by atoms with Gasteiger partial charge in [-0.15, -0.1) is 0 Å². The minimum Gasteiger partial charge on any atom is -0.398 e. The number of nitrogens with two attached hydrogens (primary N) is 2. The summed E-state index contributed by atoms with van der Waals surface area (Å²) in [4.78, 5) is -0.913. The first-order chi connectivity index (χ1) is 10.5. The van der Waals surface area contributed by atoms with Crippen LogP contribution in [0.3, 0.4) is 0 Å². The second kappa shape index (κ2) is 5.70. The zero-order valence-corrected chi connectivity index (χ0v) is 13.1. The Kier molecular flexibility index (Phi) is 4.22. The third-order valence-electron chi connectivity index (χ3n) is 2.87. The van der Waals surface area contributed by atoms with E-state index in [1.165, 1.54) is 24.3 Å². The van der Waals surface area contributed by atoms with E-state index in [-0.39, 0.29) is 17.1 Å². The highest BCUT2D eigenvalue weighted by atomic mass is 32.2. The molecule has 0 spiro atoms. The molecule has 9 nitrogen and oxygen atoms in total. The largest absolute Gasteiger partial charge is 0.398 e. The van der Waals surface area contributed by atoms with Gasteiger partial charge in [0.2, 0.25) is 0 Å². The Hall–Kier alpha value is -2.34. The molecule has 7 N–H and O–H groups in total. The molecule has 11 heteroatoms. The molecule has 0 unspecified atom stereocenters. The summed E-state index contributed by atoms with van der Waals surface area (Å²) in [5.74, 6) is 0. The van der Waals surface area contributed by atoms with Gasteiger partial charge in [-0.1, -0.05) is 0 Å². The average Bonchev–Trinajstić information content (AvgIpc) is 2.38. The molecule has 0 amide bonds. The van der Waals surface area contributed by atoms with Gasteiger partial charge < -0.3 is 16.8 Å². The number of hydrogen-bond acceptors (Lipinski definition) is 7. The summed E-state index contributed by atoms with van der Waals surface area (Å²) in [6, 6.07) is 7.50. The third kappa shape index (κ3) is 3.90. The molecule has 0 aliphatic rings. The van der Waals surface area contributed by atoms with Gasteiger partial charge in [-0.2, -0.15) is 16.8 Å². The molecule has 124 valence electrons. The standard InChI is InChI=1S/C12H13N3O6S2/c13-9-3-1-8(6-12(9)23(19,20)21)15-7-2-4-11(10(14)5-7)22(16,17)18/h1-6,15H,13-14H2,(H,16,17,18)(H,19,20,21). The van der Waals surface area contributed by atoms with Crippen molar-refractivity contribution in [2.75, 3.05) is 16.8 Å². The maximum Gasteiger partial charge on any atom is 0.296 e. The van der Waals surface area contributed by atoms with E-state index in [9.17, 15) is 16.8 Å². The molecule has 0 saturated carbocycles. The number of nitrogen functional groups attached to an aromatic ring is 2. The number of hydrogen-bond donors (Lipinski definition) is 5. The third-order valence-corrected chi connectivity index (χ3v) is 4.70. The van der Waals surface area contributed by atoms with Gasteiger partial charge in [0, 0.05) is 11.4 Å². The number of rotatable bonds is 4. The van der Waals surface area contributed by atoms with Crippen molar-refractivity contribution in [2.24, 2.45) is 0 Å². The first-order valence-electron chi connectivity index (χ1n) is 5.99. The number of benzene rings is 2. The quantitative estimate of drug-likeness (QED) is 0.395. The Bertz CT molecular complexity index is 970. The van der Waals surface area contributed by atoms with Crippen LogP contribution in [0.5, 0.6) is 0 Å². The van der Waals surface area contributed by atoms with Crippen LogP contribution in [-0.2, 0) is 20.2 Å². The fourth-order valence-electron chi connectivity index (χ4n) is 1.86. The highest BCUT2D eigenvalue weighted by Crippen LogP contribution is 2.27. The maximum atomic E-state index is 11.2. The Labute approximate surface area is 132 Å². The summed E-state index contributed by atoms with van der Waals surface area (Å²) >= 11 is 0. The van der Waals surface area contributed by atoms with Gasteiger partial charge in [-0.3, -0.25) is 9.11 Å². The number of anilines is 4. The zero-order chi connectivity index (χ0) is 17.4. The molecule has 0 fully saturated rings. The fourth-order valence-corrected chi connectivity index (χ4v) is 3.10. The van der Waals surface area contributed by atoms with Crippen LogP contribution < -0.4 is 16.8 Å². The van der Waals surface area contributed by atoms with Crippen LogP contribution in [0.4, 0.5) is 22.7 Å². The summed E-state index contributed by atoms with van der Waals surface area (Å²) in [5.41, 5.74) is 11.3. The molecule has 2 aromatic rings. The Morgan fingerprint density at radius 1 is 0.739 bits per heavy atom. The van der Waals surface area contributed by atoms with Gasteiger partial charge in [0.1, 0.15) is 9.79 Å². The van der Waals surface area contributed by atoms with Gasteiger partial charge >= 0.3 is 0 Å². The maximum absolute atomic E-state index is 11.2. The first kappa shape index (κ1) is 17.0. The van der Waals surface area contributed by atoms with Crippen LogP contribution >= 0.6 is 0 Å². The Morgan fingerprint density at radius 2 is 1.26 bits per heavy atom. The molecular weight excluding hydrogens is 346 g/mol. The molecule has 0 aromatic heterocycles. The lowest BCUT2D eigenvalue weighted by Gasteiger charge is -2.11. The molecule has 0 heterocycles. The van der Waals surface area contributed by atoms with Crippen molar-refractivity contribution in [1.82, 2.24) is 0 Å². The zero-order valence-electron chi connectivity index (χ0n) is 11.5. The SMILES string of the molecule is Nc1cc(Nc2ccc(N)c(S(=O)(=O)O)c2)ccc1S(=O)(=O)O. The van der Waals surface area contributed by atoms with Crippen molar-refractivity contribution in [3.05, 3.63) is 36.4 Å². The van der Waals surface area contributed by atoms with E-state index in [1.807, 2.05) is 0 Å². The Morgan fingerprint density at radius 3 is 1.78 bits per heavy atom. The van der Waals surface area contributed by atoms with Gasteiger partial charge in [0.25, 0.3) is 20.2 Å². The van der Waals surface area contributed by atoms with Crippen LogP contribution in [0.25, 0.3) is 0 Å². The van der Waals surface area contributed by atoms with Crippen LogP contribution in [0, 0.1) is 0 Å². The fraction of sp³-hybridized carbons (Fsp3) is 0. The molecular formula is C12H13N3O6S2. The topological polar surface area (TPSA) is 173 Å². The van der Waals surface area contributed by atoms with Gasteiger partial charge in [-0.25, -0.2) is 0 Å². The predicted molar refractivity (Wildman–Crippen MR) is 84.6 cm³/mol. The molecule has 2 aromatic carbocycles. The summed E-state index contributed by atoms with van der Waals surface area (Å²) in [7, 11) is -8.92. The molecule has 0 atom stereocenters. The van der Waals surface area contributed by atoms with E-state index in [0.29, 0.717) is 5.69 Å². The van der Waals surface area contributed by atoms with Gasteiger partial charge in [-0.05, 0) is 36.4 Å². The minimum absolute atomic E-state index is 0.126. The molecule has 0 bridgehead atoms. The second-order valence-corrected chi connectivity index (χ2v) is 7.36. The van der Waals surface area contributed by atoms with Gasteiger partial charge in [0.05, 0.1) is 11.4 Å². The summed E-state index contributed by atoms with van der Waals surface area (Å²) < 4.78 is 62.6. The van der Waals surface area contributed by atoms with E-state index in [4.69, 9.17) is 20.6 Å². The monoisotopic (exact) mass is 359 g/mol. The predicted octanol–water partition coefficient (Wildman–Crippen LogP) is 1.09. The van der Waals surface area contributed by atoms with Crippen molar-refractivity contribution in [2.45, 2.75) is 9.79 Å². The molecule has 0 aliphatic carbocycles. The van der Waals surface area contributed by atoms with E-state index < -0.39 is 30.0 Å². The summed E-state index contributed by atoms with van der Waals surface area (Å²) in [6.45, 7) is 0. The van der Waals surface area contributed by atoms with Crippen LogP contribution in [0.2, 0.25) is 0 Å². The van der Waals surface area contributed by atoms with Crippen molar-refractivity contribution in [3.63, 3.8) is 0 Å². The molecule has 0 saturated heterocycles. The van der Waals surface area contributed by atoms with Crippen molar-refractivity contribution in [1.29, 1.82) is 0 Å². The average molecular weight is 359 g/mol. The van der Waals surface area contributed by atoms with Crippen molar-refractivity contribution < 1.29 is 25.9 Å². The van der Waals surface area contributed by atoms with E-state index >= 15 is 0 Å². The Balaban J connectivity index is 2.39. The van der Waals surface area contributed by atoms with Gasteiger partial charge in [0.15, 0.2) is 0 Å². The molecule has 23 heavy (non-hydrogen) atoms. The highest BCUT2D eigenvalue weighted by Gasteiger charge is 2.16. The number of nitrogens with one attached hydrogen (secondary N) is 1. The minimum atomic E-state index is -4.48. The van der Waals surface area contributed by atoms with Crippen molar-refractivity contribution >= 4 is 43.0 Å². The summed E-state index contributed by atoms with van der Waals surface area (Å²) in [5, 5.41) is 2.78. The lowest BCUT2D eigenvalue weighted by molar-refractivity contribution is 0.481. The highest BCUT2D eigenvalue weighted by molar-refractivity contribution is 7.86. The van der Waals surface area contributed by atoms with Crippen molar-refractivity contribution in [3.8, 4) is 0 Å².